The SMILES string of the molecule is C[C@@H](c1cccs1)N(C)C(=O)Cn1ncc(=O)c2ccccc21. The van der Waals surface area contributed by atoms with Crippen LogP contribution in [0.25, 0.3) is 10.9 Å². The summed E-state index contributed by atoms with van der Waals surface area (Å²) in [5.74, 6) is -0.0489. The van der Waals surface area contributed by atoms with Crippen LogP contribution in [0.2, 0.25) is 0 Å². The fraction of sp³-hybridized carbons (Fsp3) is 0.235. The van der Waals surface area contributed by atoms with E-state index in [4.69, 9.17) is 0 Å². The molecular formula is C17H17N3O2S. The van der Waals surface area contributed by atoms with Crippen LogP contribution in [0.1, 0.15) is 17.8 Å². The number of fused-ring (bicyclic) bond motifs is 1. The molecule has 0 saturated carbocycles. The van der Waals surface area contributed by atoms with Gasteiger partial charge in [0.1, 0.15) is 6.54 Å². The highest BCUT2D eigenvalue weighted by atomic mass is 32.1. The van der Waals surface area contributed by atoms with Crippen molar-refractivity contribution in [1.29, 1.82) is 0 Å². The Hall–Kier alpha value is -2.47. The third kappa shape index (κ3) is 3.03. The Morgan fingerprint density at radius 3 is 2.83 bits per heavy atom. The van der Waals surface area contributed by atoms with Crippen LogP contribution in [0.3, 0.4) is 0 Å². The molecule has 2 aromatic heterocycles. The van der Waals surface area contributed by atoms with Gasteiger partial charge >= 0.3 is 0 Å². The highest BCUT2D eigenvalue weighted by molar-refractivity contribution is 7.10. The first-order valence-electron chi connectivity index (χ1n) is 7.32. The van der Waals surface area contributed by atoms with Crippen LogP contribution in [0.5, 0.6) is 0 Å². The van der Waals surface area contributed by atoms with Crippen molar-refractivity contribution >= 4 is 28.1 Å². The third-order valence-corrected chi connectivity index (χ3v) is 5.02. The highest BCUT2D eigenvalue weighted by Crippen LogP contribution is 2.23. The molecule has 0 fully saturated rings. The molecule has 0 radical (unpaired) electrons. The zero-order valence-corrected chi connectivity index (χ0v) is 13.8. The lowest BCUT2D eigenvalue weighted by molar-refractivity contribution is -0.132. The predicted octanol–water partition coefficient (Wildman–Crippen LogP) is 2.68. The largest absolute Gasteiger partial charge is 0.337 e. The fourth-order valence-corrected chi connectivity index (χ4v) is 3.29. The molecule has 5 nitrogen and oxygen atoms in total. The van der Waals surface area contributed by atoms with E-state index >= 15 is 0 Å². The van der Waals surface area contributed by atoms with Gasteiger partial charge in [0.2, 0.25) is 11.3 Å². The van der Waals surface area contributed by atoms with Gasteiger partial charge < -0.3 is 4.90 Å². The molecule has 2 heterocycles. The van der Waals surface area contributed by atoms with E-state index < -0.39 is 0 Å². The maximum Gasteiger partial charge on any atom is 0.244 e. The van der Waals surface area contributed by atoms with Crippen LogP contribution in [-0.4, -0.2) is 27.6 Å². The summed E-state index contributed by atoms with van der Waals surface area (Å²) in [6.07, 6.45) is 1.26. The van der Waals surface area contributed by atoms with Crippen LogP contribution >= 0.6 is 11.3 Å². The number of carbonyl (C=O) groups excluding carboxylic acids is 1. The minimum absolute atomic E-state index is 0.00754. The van der Waals surface area contributed by atoms with E-state index in [2.05, 4.69) is 5.10 Å². The van der Waals surface area contributed by atoms with E-state index in [1.807, 2.05) is 30.5 Å². The molecular weight excluding hydrogens is 310 g/mol. The smallest absolute Gasteiger partial charge is 0.244 e. The van der Waals surface area contributed by atoms with E-state index in [0.717, 1.165) is 4.88 Å². The lowest BCUT2D eigenvalue weighted by Gasteiger charge is -2.24. The average Bonchev–Trinajstić information content (AvgIpc) is 3.10. The molecule has 1 atom stereocenters. The van der Waals surface area contributed by atoms with Gasteiger partial charge in [-0.1, -0.05) is 18.2 Å². The molecule has 1 aromatic carbocycles. The Bertz CT molecular complexity index is 886. The molecule has 0 unspecified atom stereocenters. The van der Waals surface area contributed by atoms with Crippen LogP contribution in [-0.2, 0) is 11.3 Å². The minimum Gasteiger partial charge on any atom is -0.337 e. The van der Waals surface area contributed by atoms with E-state index in [-0.39, 0.29) is 23.9 Å². The van der Waals surface area contributed by atoms with E-state index in [9.17, 15) is 9.59 Å². The molecule has 1 amide bonds. The molecule has 0 spiro atoms. The summed E-state index contributed by atoms with van der Waals surface area (Å²) in [5, 5.41) is 6.68. The van der Waals surface area contributed by atoms with Crippen LogP contribution in [0.15, 0.2) is 52.8 Å². The second-order valence-electron chi connectivity index (χ2n) is 5.38. The van der Waals surface area contributed by atoms with Gasteiger partial charge in [-0.15, -0.1) is 11.3 Å². The van der Waals surface area contributed by atoms with Gasteiger partial charge in [-0.3, -0.25) is 14.3 Å². The van der Waals surface area contributed by atoms with Gasteiger partial charge in [0, 0.05) is 17.3 Å². The monoisotopic (exact) mass is 327 g/mol. The number of likely N-dealkylation sites (N-methyl/N-ethyl adjacent to an activating group) is 1. The average molecular weight is 327 g/mol. The van der Waals surface area contributed by atoms with Gasteiger partial charge in [-0.25, -0.2) is 0 Å². The molecule has 3 aromatic rings. The summed E-state index contributed by atoms with van der Waals surface area (Å²) >= 11 is 1.63. The molecule has 118 valence electrons. The maximum absolute atomic E-state index is 12.6. The summed E-state index contributed by atoms with van der Waals surface area (Å²) in [6.45, 7) is 2.10. The summed E-state index contributed by atoms with van der Waals surface area (Å²) < 4.78 is 1.58. The maximum atomic E-state index is 12.6. The van der Waals surface area contributed by atoms with Gasteiger partial charge in [0.25, 0.3) is 0 Å². The lowest BCUT2D eigenvalue weighted by Crippen LogP contribution is -2.33. The van der Waals surface area contributed by atoms with Gasteiger partial charge in [0.05, 0.1) is 17.8 Å². The lowest BCUT2D eigenvalue weighted by atomic mass is 10.2. The van der Waals surface area contributed by atoms with Crippen LogP contribution in [0.4, 0.5) is 0 Å². The second-order valence-corrected chi connectivity index (χ2v) is 6.36. The third-order valence-electron chi connectivity index (χ3n) is 3.98. The number of carbonyl (C=O) groups is 1. The van der Waals surface area contributed by atoms with E-state index in [0.29, 0.717) is 10.9 Å². The molecule has 23 heavy (non-hydrogen) atoms. The van der Waals surface area contributed by atoms with Crippen molar-refractivity contribution in [1.82, 2.24) is 14.7 Å². The number of aromatic nitrogens is 2. The summed E-state index contributed by atoms with van der Waals surface area (Å²) in [7, 11) is 1.79. The molecule has 0 aliphatic carbocycles. The number of hydrogen-bond donors (Lipinski definition) is 0. The fourth-order valence-electron chi connectivity index (χ4n) is 2.46. The first kappa shape index (κ1) is 15.4. The van der Waals surface area contributed by atoms with Crippen LogP contribution < -0.4 is 5.43 Å². The molecule has 3 rings (SSSR count). The van der Waals surface area contributed by atoms with Crippen molar-refractivity contribution < 1.29 is 4.79 Å². The standard InChI is InChI=1S/C17H17N3O2S/c1-12(16-8-5-9-23-16)19(2)17(22)11-20-14-7-4-3-6-13(14)15(21)10-18-20/h3-10,12H,11H2,1-2H3/t12-/m0/s1. The predicted molar refractivity (Wildman–Crippen MR) is 91.5 cm³/mol. The number of thiophene rings is 1. The zero-order chi connectivity index (χ0) is 16.4. The Kier molecular flexibility index (Phi) is 4.25. The minimum atomic E-state index is -0.135. The number of hydrogen-bond acceptors (Lipinski definition) is 4. The quantitative estimate of drug-likeness (QED) is 0.740. The number of rotatable bonds is 4. The van der Waals surface area contributed by atoms with Gasteiger partial charge in [0.15, 0.2) is 0 Å². The molecule has 6 heteroatoms. The number of benzene rings is 1. The first-order chi connectivity index (χ1) is 11.1. The summed E-state index contributed by atoms with van der Waals surface area (Å²) in [4.78, 5) is 27.3. The van der Waals surface area contributed by atoms with Gasteiger partial charge in [-0.2, -0.15) is 5.10 Å². The van der Waals surface area contributed by atoms with Gasteiger partial charge in [-0.05, 0) is 30.5 Å². The molecule has 0 aliphatic rings. The Morgan fingerprint density at radius 1 is 1.30 bits per heavy atom. The van der Waals surface area contributed by atoms with Crippen molar-refractivity contribution in [3.8, 4) is 0 Å². The van der Waals surface area contributed by atoms with Crippen molar-refractivity contribution in [2.75, 3.05) is 7.05 Å². The summed E-state index contributed by atoms with van der Waals surface area (Å²) in [6, 6.07) is 11.2. The molecule has 0 saturated heterocycles. The zero-order valence-electron chi connectivity index (χ0n) is 13.0. The Morgan fingerprint density at radius 2 is 2.09 bits per heavy atom. The van der Waals surface area contributed by atoms with Crippen molar-refractivity contribution in [3.05, 3.63) is 63.1 Å². The topological polar surface area (TPSA) is 55.2 Å². The Balaban J connectivity index is 1.86. The van der Waals surface area contributed by atoms with Crippen molar-refractivity contribution in [2.24, 2.45) is 0 Å². The highest BCUT2D eigenvalue weighted by Gasteiger charge is 2.19. The normalized spacial score (nSPS) is 12.3. The molecule has 0 N–H and O–H groups in total. The number of para-hydroxylation sites is 1. The second kappa shape index (κ2) is 6.34. The van der Waals surface area contributed by atoms with E-state index in [1.165, 1.54) is 6.20 Å². The Labute approximate surface area is 137 Å². The number of amides is 1. The molecule has 0 aliphatic heterocycles. The van der Waals surface area contributed by atoms with Crippen molar-refractivity contribution in [3.63, 3.8) is 0 Å². The number of nitrogens with zero attached hydrogens (tertiary/aromatic N) is 3. The van der Waals surface area contributed by atoms with Crippen LogP contribution in [0, 0.1) is 0 Å². The summed E-state index contributed by atoms with van der Waals surface area (Å²) in [5.41, 5.74) is 0.537. The molecule has 0 bridgehead atoms. The first-order valence-corrected chi connectivity index (χ1v) is 8.20. The van der Waals surface area contributed by atoms with Crippen molar-refractivity contribution in [2.45, 2.75) is 19.5 Å². The van der Waals surface area contributed by atoms with E-state index in [1.54, 1.807) is 46.2 Å².